The molecule has 0 spiro atoms. The van der Waals surface area contributed by atoms with E-state index >= 15 is 0 Å². The molecule has 2 aromatic carbocycles. The number of aromatic amines is 1. The van der Waals surface area contributed by atoms with Gasteiger partial charge in [0.25, 0.3) is 5.91 Å². The number of rotatable bonds is 8. The number of H-pyrrole nitrogens is 1. The molecule has 1 aliphatic carbocycles. The number of Topliss-reactive ketones (excluding diaryl/α,β-unsaturated/α-hetero) is 1. The molecule has 1 amide bonds. The zero-order chi connectivity index (χ0) is 28.6. The molecular formula is C29H26Cl2N2O6S. The predicted molar refractivity (Wildman–Crippen MR) is 153 cm³/mol. The summed E-state index contributed by atoms with van der Waals surface area (Å²) in [6, 6.07) is 9.21. The van der Waals surface area contributed by atoms with Crippen LogP contribution in [0.2, 0.25) is 10.0 Å². The van der Waals surface area contributed by atoms with Gasteiger partial charge in [0, 0.05) is 56.7 Å². The minimum Gasteiger partial charge on any atom is -0.466 e. The van der Waals surface area contributed by atoms with Gasteiger partial charge in [0.15, 0.2) is 15.6 Å². The van der Waals surface area contributed by atoms with Crippen molar-refractivity contribution in [2.24, 2.45) is 0 Å². The van der Waals surface area contributed by atoms with Crippen LogP contribution in [-0.2, 0) is 42.8 Å². The van der Waals surface area contributed by atoms with E-state index in [-0.39, 0.29) is 51.7 Å². The molecule has 0 radical (unpaired) electrons. The number of nitrogens with one attached hydrogen (secondary N) is 2. The van der Waals surface area contributed by atoms with Gasteiger partial charge >= 0.3 is 5.97 Å². The van der Waals surface area contributed by atoms with Crippen molar-refractivity contribution in [3.63, 3.8) is 0 Å². The lowest BCUT2D eigenvalue weighted by atomic mass is 9.91. The molecule has 0 unspecified atom stereocenters. The molecule has 0 atom stereocenters. The Bertz CT molecular complexity index is 1670. The summed E-state index contributed by atoms with van der Waals surface area (Å²) >= 11 is 12.4. The number of amides is 1. The lowest BCUT2D eigenvalue weighted by Crippen LogP contribution is -2.12. The highest BCUT2D eigenvalue weighted by molar-refractivity contribution is 7.90. The van der Waals surface area contributed by atoms with Crippen LogP contribution in [0.25, 0.3) is 11.6 Å². The molecule has 2 N–H and O–H groups in total. The maximum Gasteiger partial charge on any atom is 0.306 e. The van der Waals surface area contributed by atoms with Crippen LogP contribution in [0.15, 0.2) is 41.3 Å². The largest absolute Gasteiger partial charge is 0.466 e. The highest BCUT2D eigenvalue weighted by Gasteiger charge is 2.30. The molecule has 0 saturated carbocycles. The van der Waals surface area contributed by atoms with E-state index in [0.717, 1.165) is 5.69 Å². The van der Waals surface area contributed by atoms with E-state index in [9.17, 15) is 22.8 Å². The van der Waals surface area contributed by atoms with Gasteiger partial charge in [-0.3, -0.25) is 14.4 Å². The first-order valence-electron chi connectivity index (χ1n) is 12.8. The van der Waals surface area contributed by atoms with Crippen molar-refractivity contribution in [1.29, 1.82) is 0 Å². The predicted octanol–water partition coefficient (Wildman–Crippen LogP) is 5.80. The number of halogens is 2. The Balaban J connectivity index is 1.54. The van der Waals surface area contributed by atoms with Gasteiger partial charge in [-0.25, -0.2) is 8.42 Å². The zero-order valence-corrected chi connectivity index (χ0v) is 23.9. The molecule has 11 heteroatoms. The minimum absolute atomic E-state index is 0.00753. The number of hydrogen-bond donors (Lipinski definition) is 2. The van der Waals surface area contributed by atoms with Crippen molar-refractivity contribution in [3.8, 4) is 0 Å². The number of benzene rings is 2. The number of carbonyl (C=O) groups excluding carboxylic acids is 3. The first-order valence-corrected chi connectivity index (χ1v) is 15.3. The van der Waals surface area contributed by atoms with Crippen molar-refractivity contribution in [2.45, 2.75) is 49.7 Å². The van der Waals surface area contributed by atoms with Gasteiger partial charge in [0.05, 0.1) is 22.8 Å². The Labute approximate surface area is 241 Å². The number of aromatic nitrogens is 1. The number of carbonyl (C=O) groups is 3. The number of hydrogen-bond acceptors (Lipinski definition) is 6. The average Bonchev–Trinajstić information content (AvgIpc) is 3.42. The Kier molecular flexibility index (Phi) is 7.90. The summed E-state index contributed by atoms with van der Waals surface area (Å²) in [7, 11) is -3.87. The van der Waals surface area contributed by atoms with Crippen LogP contribution >= 0.6 is 23.2 Å². The number of ether oxygens (including phenoxy) is 1. The number of aryl methyl sites for hydroxylation is 1. The van der Waals surface area contributed by atoms with Gasteiger partial charge < -0.3 is 15.0 Å². The normalized spacial score (nSPS) is 15.6. The van der Waals surface area contributed by atoms with Crippen molar-refractivity contribution in [2.75, 3.05) is 11.9 Å². The van der Waals surface area contributed by atoms with Gasteiger partial charge in [-0.2, -0.15) is 0 Å². The summed E-state index contributed by atoms with van der Waals surface area (Å²) in [4.78, 5) is 41.2. The molecule has 5 rings (SSSR count). The summed E-state index contributed by atoms with van der Waals surface area (Å²) in [5.41, 5.74) is 3.94. The van der Waals surface area contributed by atoms with Crippen LogP contribution < -0.4 is 5.32 Å². The zero-order valence-electron chi connectivity index (χ0n) is 21.6. The van der Waals surface area contributed by atoms with Crippen molar-refractivity contribution >= 4 is 68.0 Å². The average molecular weight is 602 g/mol. The fraction of sp³-hybridized carbons (Fsp3) is 0.276. The van der Waals surface area contributed by atoms with E-state index < -0.39 is 21.5 Å². The summed E-state index contributed by atoms with van der Waals surface area (Å²) in [5, 5.41) is 3.26. The van der Waals surface area contributed by atoms with Crippen LogP contribution in [0.3, 0.4) is 0 Å². The molecule has 8 nitrogen and oxygen atoms in total. The monoisotopic (exact) mass is 600 g/mol. The van der Waals surface area contributed by atoms with E-state index in [2.05, 4.69) is 10.3 Å². The second-order valence-electron chi connectivity index (χ2n) is 9.63. The molecule has 0 saturated heterocycles. The lowest BCUT2D eigenvalue weighted by molar-refractivity contribution is -0.143. The third-order valence-corrected chi connectivity index (χ3v) is 9.38. The number of anilines is 1. The number of ketones is 1. The number of sulfone groups is 1. The van der Waals surface area contributed by atoms with E-state index in [1.807, 2.05) is 0 Å². The number of esters is 1. The highest BCUT2D eigenvalue weighted by atomic mass is 35.5. The maximum atomic E-state index is 13.3. The standard InChI is InChI=1S/C29H26Cl2N2O6S/c1-2-39-27(35)12-10-17-25(32-24-7-4-8-26(34)28(17)24)14-19-18-13-16(9-11-23(18)33-29(19)36)40(37,38)15-20-21(30)5-3-6-22(20)31/h3,5-6,9,11,13-14,32H,2,4,7-8,10,12,15H2,1H3,(H,33,36)/b19-14-. The summed E-state index contributed by atoms with van der Waals surface area (Å²) in [6.07, 6.45) is 3.75. The van der Waals surface area contributed by atoms with Crippen LogP contribution in [0.5, 0.6) is 0 Å². The molecule has 1 aliphatic heterocycles. The summed E-state index contributed by atoms with van der Waals surface area (Å²) < 4.78 is 31.8. The topological polar surface area (TPSA) is 122 Å². The summed E-state index contributed by atoms with van der Waals surface area (Å²) in [5.74, 6) is -1.21. The van der Waals surface area contributed by atoms with Gasteiger partial charge in [0.2, 0.25) is 0 Å². The molecule has 1 aromatic heterocycles. The van der Waals surface area contributed by atoms with Crippen LogP contribution in [0.4, 0.5) is 5.69 Å². The Hall–Kier alpha value is -3.40. The molecule has 3 aromatic rings. The second kappa shape index (κ2) is 11.2. The van der Waals surface area contributed by atoms with Gasteiger partial charge in [-0.05, 0) is 68.2 Å². The SMILES string of the molecule is CCOC(=O)CCc1c(/C=C2\C(=O)Nc3ccc(S(=O)(=O)Cc4c(Cl)cccc4Cl)cc32)[nH]c2c1C(=O)CCC2. The van der Waals surface area contributed by atoms with E-state index in [1.54, 1.807) is 37.3 Å². The lowest BCUT2D eigenvalue weighted by Gasteiger charge is -2.11. The van der Waals surface area contributed by atoms with Crippen LogP contribution in [0.1, 0.15) is 64.6 Å². The van der Waals surface area contributed by atoms with E-state index in [1.165, 1.54) is 12.1 Å². The highest BCUT2D eigenvalue weighted by Crippen LogP contribution is 2.38. The first kappa shape index (κ1) is 28.1. The number of fused-ring (bicyclic) bond motifs is 2. The molecule has 208 valence electrons. The fourth-order valence-electron chi connectivity index (χ4n) is 5.13. The molecule has 0 bridgehead atoms. The second-order valence-corrected chi connectivity index (χ2v) is 12.4. The molecular weight excluding hydrogens is 575 g/mol. The summed E-state index contributed by atoms with van der Waals surface area (Å²) in [6.45, 7) is 1.98. The Morgan fingerprint density at radius 2 is 1.82 bits per heavy atom. The Morgan fingerprint density at radius 1 is 1.07 bits per heavy atom. The van der Waals surface area contributed by atoms with E-state index in [4.69, 9.17) is 27.9 Å². The van der Waals surface area contributed by atoms with Gasteiger partial charge in [-0.1, -0.05) is 29.3 Å². The minimum atomic E-state index is -3.87. The maximum absolute atomic E-state index is 13.3. The molecule has 2 aliphatic rings. The van der Waals surface area contributed by atoms with Gasteiger partial charge in [-0.15, -0.1) is 0 Å². The van der Waals surface area contributed by atoms with Crippen LogP contribution in [0, 0.1) is 0 Å². The van der Waals surface area contributed by atoms with Crippen LogP contribution in [-0.4, -0.2) is 37.7 Å². The fourth-order valence-corrected chi connectivity index (χ4v) is 7.25. The van der Waals surface area contributed by atoms with Crippen molar-refractivity contribution < 1.29 is 27.5 Å². The van der Waals surface area contributed by atoms with Crippen molar-refractivity contribution in [1.82, 2.24) is 4.98 Å². The molecule has 2 heterocycles. The smallest absolute Gasteiger partial charge is 0.306 e. The molecule has 0 fully saturated rings. The van der Waals surface area contributed by atoms with E-state index in [0.29, 0.717) is 52.9 Å². The first-order chi connectivity index (χ1) is 19.1. The third kappa shape index (κ3) is 5.46. The van der Waals surface area contributed by atoms with Gasteiger partial charge in [0.1, 0.15) is 0 Å². The molecule has 40 heavy (non-hydrogen) atoms. The third-order valence-electron chi connectivity index (χ3n) is 7.03. The van der Waals surface area contributed by atoms with Crippen molar-refractivity contribution in [3.05, 3.63) is 80.1 Å². The Morgan fingerprint density at radius 3 is 2.55 bits per heavy atom. The quantitative estimate of drug-likeness (QED) is 0.249.